The molecule has 2 rings (SSSR count). The Morgan fingerprint density at radius 3 is 3.13 bits per heavy atom. The van der Waals surface area contributed by atoms with Crippen molar-refractivity contribution in [2.75, 3.05) is 13.2 Å². The predicted octanol–water partition coefficient (Wildman–Crippen LogP) is 0.678. The van der Waals surface area contributed by atoms with Crippen molar-refractivity contribution in [2.45, 2.75) is 18.9 Å². The van der Waals surface area contributed by atoms with Gasteiger partial charge in [-0.05, 0) is 25.0 Å². The van der Waals surface area contributed by atoms with E-state index in [0.717, 1.165) is 19.4 Å². The van der Waals surface area contributed by atoms with Crippen molar-refractivity contribution < 1.29 is 9.90 Å². The molecule has 4 nitrogen and oxygen atoms in total. The molecule has 1 saturated heterocycles. The molecule has 0 bridgehead atoms. The maximum absolute atomic E-state index is 12.0. The van der Waals surface area contributed by atoms with E-state index >= 15 is 0 Å². The van der Waals surface area contributed by atoms with Crippen LogP contribution in [-0.4, -0.2) is 40.1 Å². The molecule has 2 heterocycles. The molecule has 1 unspecified atom stereocenters. The van der Waals surface area contributed by atoms with Crippen molar-refractivity contribution in [1.82, 2.24) is 9.88 Å². The number of rotatable bonds is 2. The fourth-order valence-corrected chi connectivity index (χ4v) is 1.93. The molecule has 1 aliphatic heterocycles. The zero-order valence-corrected chi connectivity index (χ0v) is 8.47. The van der Waals surface area contributed by atoms with Crippen molar-refractivity contribution in [2.24, 2.45) is 0 Å². The van der Waals surface area contributed by atoms with Gasteiger partial charge < -0.3 is 10.0 Å². The second-order valence-corrected chi connectivity index (χ2v) is 3.69. The molecule has 1 aliphatic rings. The third-order valence-electron chi connectivity index (χ3n) is 2.73. The molecule has 1 aromatic heterocycles. The summed E-state index contributed by atoms with van der Waals surface area (Å²) in [5.41, 5.74) is 0.456. The van der Waals surface area contributed by atoms with Crippen LogP contribution in [0.1, 0.15) is 23.3 Å². The fraction of sp³-hybridized carbons (Fsp3) is 0.455. The van der Waals surface area contributed by atoms with E-state index in [1.54, 1.807) is 29.3 Å². The molecule has 1 aromatic rings. The minimum absolute atomic E-state index is 0.0282. The van der Waals surface area contributed by atoms with Gasteiger partial charge in [0.1, 0.15) is 5.69 Å². The molecule has 1 amide bonds. The Bertz CT molecular complexity index is 340. The summed E-state index contributed by atoms with van der Waals surface area (Å²) in [5.74, 6) is -0.0767. The van der Waals surface area contributed by atoms with Gasteiger partial charge in [-0.25, -0.2) is 0 Å². The zero-order chi connectivity index (χ0) is 10.7. The molecule has 0 aromatic carbocycles. The van der Waals surface area contributed by atoms with E-state index in [1.165, 1.54) is 0 Å². The molecular weight excluding hydrogens is 192 g/mol. The molecule has 4 heteroatoms. The number of aliphatic hydroxyl groups excluding tert-OH is 1. The number of likely N-dealkylation sites (tertiary alicyclic amines) is 1. The predicted molar refractivity (Wildman–Crippen MR) is 55.4 cm³/mol. The number of hydrogen-bond acceptors (Lipinski definition) is 3. The van der Waals surface area contributed by atoms with Crippen LogP contribution < -0.4 is 0 Å². The number of aliphatic hydroxyl groups is 1. The number of carbonyl (C=O) groups is 1. The third-order valence-corrected chi connectivity index (χ3v) is 2.73. The van der Waals surface area contributed by atoms with Crippen molar-refractivity contribution in [3.05, 3.63) is 30.1 Å². The zero-order valence-electron chi connectivity index (χ0n) is 8.47. The SMILES string of the molecule is O=C(c1ccccn1)N1CCCC1CO. The van der Waals surface area contributed by atoms with E-state index in [1.807, 2.05) is 0 Å². The second-order valence-electron chi connectivity index (χ2n) is 3.69. The van der Waals surface area contributed by atoms with Crippen LogP contribution in [0.2, 0.25) is 0 Å². The molecule has 0 aliphatic carbocycles. The largest absolute Gasteiger partial charge is 0.394 e. The average molecular weight is 206 g/mol. The molecule has 1 N–H and O–H groups in total. The lowest BCUT2D eigenvalue weighted by atomic mass is 10.2. The standard InChI is InChI=1S/C11H14N2O2/c14-8-9-4-3-7-13(9)11(15)10-5-1-2-6-12-10/h1-2,5-6,9,14H,3-4,7-8H2. The van der Waals surface area contributed by atoms with Crippen LogP contribution in [0.4, 0.5) is 0 Å². The van der Waals surface area contributed by atoms with Gasteiger partial charge in [0.2, 0.25) is 0 Å². The fourth-order valence-electron chi connectivity index (χ4n) is 1.93. The van der Waals surface area contributed by atoms with Gasteiger partial charge in [-0.2, -0.15) is 0 Å². The normalized spacial score (nSPS) is 20.6. The Balaban J connectivity index is 2.14. The van der Waals surface area contributed by atoms with Gasteiger partial charge in [-0.3, -0.25) is 9.78 Å². The van der Waals surface area contributed by atoms with Crippen LogP contribution in [0.15, 0.2) is 24.4 Å². The summed E-state index contributed by atoms with van der Waals surface area (Å²) in [5, 5.41) is 9.12. The van der Waals surface area contributed by atoms with Crippen LogP contribution in [0.3, 0.4) is 0 Å². The maximum Gasteiger partial charge on any atom is 0.272 e. The summed E-state index contributed by atoms with van der Waals surface area (Å²) in [6, 6.07) is 5.25. The van der Waals surface area contributed by atoms with E-state index in [2.05, 4.69) is 4.98 Å². The number of aromatic nitrogens is 1. The molecule has 0 saturated carbocycles. The van der Waals surface area contributed by atoms with E-state index < -0.39 is 0 Å². The summed E-state index contributed by atoms with van der Waals surface area (Å²) >= 11 is 0. The van der Waals surface area contributed by atoms with E-state index in [0.29, 0.717) is 5.69 Å². The van der Waals surface area contributed by atoms with Crippen LogP contribution in [0, 0.1) is 0 Å². The summed E-state index contributed by atoms with van der Waals surface area (Å²) in [6.45, 7) is 0.763. The Kier molecular flexibility index (Phi) is 2.97. The minimum Gasteiger partial charge on any atom is -0.394 e. The number of hydrogen-bond donors (Lipinski definition) is 1. The third kappa shape index (κ3) is 1.99. The number of carbonyl (C=O) groups excluding carboxylic acids is 1. The molecule has 0 radical (unpaired) electrons. The highest BCUT2D eigenvalue weighted by molar-refractivity contribution is 5.92. The maximum atomic E-state index is 12.0. The Morgan fingerprint density at radius 1 is 1.60 bits per heavy atom. The summed E-state index contributed by atoms with van der Waals surface area (Å²) < 4.78 is 0. The van der Waals surface area contributed by atoms with E-state index in [-0.39, 0.29) is 18.6 Å². The number of nitrogens with zero attached hydrogens (tertiary/aromatic N) is 2. The van der Waals surface area contributed by atoms with Gasteiger partial charge >= 0.3 is 0 Å². The Labute approximate surface area is 88.6 Å². The number of amides is 1. The first-order valence-corrected chi connectivity index (χ1v) is 5.16. The highest BCUT2D eigenvalue weighted by atomic mass is 16.3. The van der Waals surface area contributed by atoms with Gasteiger partial charge in [-0.1, -0.05) is 6.07 Å². The first-order chi connectivity index (χ1) is 7.33. The quantitative estimate of drug-likeness (QED) is 0.774. The topological polar surface area (TPSA) is 53.4 Å². The smallest absolute Gasteiger partial charge is 0.272 e. The molecule has 0 spiro atoms. The first kappa shape index (κ1) is 10.1. The highest BCUT2D eigenvalue weighted by Crippen LogP contribution is 2.18. The molecular formula is C11H14N2O2. The summed E-state index contributed by atoms with van der Waals surface area (Å²) in [7, 11) is 0. The molecule has 80 valence electrons. The van der Waals surface area contributed by atoms with Crippen LogP contribution in [0.25, 0.3) is 0 Å². The molecule has 1 fully saturated rings. The Hall–Kier alpha value is -1.42. The van der Waals surface area contributed by atoms with Crippen LogP contribution in [-0.2, 0) is 0 Å². The van der Waals surface area contributed by atoms with Gasteiger partial charge in [0.05, 0.1) is 12.6 Å². The first-order valence-electron chi connectivity index (χ1n) is 5.16. The monoisotopic (exact) mass is 206 g/mol. The highest BCUT2D eigenvalue weighted by Gasteiger charge is 2.29. The summed E-state index contributed by atoms with van der Waals surface area (Å²) in [4.78, 5) is 17.7. The lowest BCUT2D eigenvalue weighted by Gasteiger charge is -2.22. The van der Waals surface area contributed by atoms with Crippen molar-refractivity contribution >= 4 is 5.91 Å². The van der Waals surface area contributed by atoms with Crippen molar-refractivity contribution in [3.63, 3.8) is 0 Å². The molecule has 15 heavy (non-hydrogen) atoms. The Morgan fingerprint density at radius 2 is 2.47 bits per heavy atom. The van der Waals surface area contributed by atoms with E-state index in [4.69, 9.17) is 5.11 Å². The van der Waals surface area contributed by atoms with E-state index in [9.17, 15) is 4.79 Å². The summed E-state index contributed by atoms with van der Waals surface area (Å²) in [6.07, 6.45) is 3.45. The average Bonchev–Trinajstić information content (AvgIpc) is 2.77. The van der Waals surface area contributed by atoms with Crippen LogP contribution >= 0.6 is 0 Å². The van der Waals surface area contributed by atoms with Gasteiger partial charge in [-0.15, -0.1) is 0 Å². The van der Waals surface area contributed by atoms with Gasteiger partial charge in [0.25, 0.3) is 5.91 Å². The molecule has 1 atom stereocenters. The van der Waals surface area contributed by atoms with Gasteiger partial charge in [0.15, 0.2) is 0 Å². The van der Waals surface area contributed by atoms with Crippen molar-refractivity contribution in [3.8, 4) is 0 Å². The second kappa shape index (κ2) is 4.40. The lowest BCUT2D eigenvalue weighted by molar-refractivity contribution is 0.0672. The van der Waals surface area contributed by atoms with Crippen LogP contribution in [0.5, 0.6) is 0 Å². The number of pyridine rings is 1. The lowest BCUT2D eigenvalue weighted by Crippen LogP contribution is -2.37. The van der Waals surface area contributed by atoms with Crippen molar-refractivity contribution in [1.29, 1.82) is 0 Å². The minimum atomic E-state index is -0.0767. The van der Waals surface area contributed by atoms with Gasteiger partial charge in [0, 0.05) is 12.7 Å².